The summed E-state index contributed by atoms with van der Waals surface area (Å²) in [5.74, 6) is -0.908. The van der Waals surface area contributed by atoms with Gasteiger partial charge in [0.15, 0.2) is 0 Å². The second kappa shape index (κ2) is 8.57. The number of aliphatic carboxylic acids is 1. The molecule has 0 radical (unpaired) electrons. The summed E-state index contributed by atoms with van der Waals surface area (Å²) in [6, 6.07) is 16.7. The first kappa shape index (κ1) is 17.3. The summed E-state index contributed by atoms with van der Waals surface area (Å²) >= 11 is 1.06. The predicted octanol–water partition coefficient (Wildman–Crippen LogP) is 3.40. The van der Waals surface area contributed by atoms with E-state index in [4.69, 9.17) is 4.18 Å². The third-order valence-electron chi connectivity index (χ3n) is 3.78. The normalized spacial score (nSPS) is 12.2. The number of benzene rings is 2. The Hall–Kier alpha value is -2.48. The van der Waals surface area contributed by atoms with Crippen molar-refractivity contribution in [1.29, 1.82) is 0 Å². The zero-order chi connectivity index (χ0) is 17.5. The van der Waals surface area contributed by atoms with E-state index in [0.29, 0.717) is 6.42 Å². The van der Waals surface area contributed by atoms with E-state index in [0.717, 1.165) is 34.4 Å². The lowest BCUT2D eigenvalue weighted by Gasteiger charge is -2.14. The molecule has 25 heavy (non-hydrogen) atoms. The minimum Gasteiger partial charge on any atom is -0.480 e. The fraction of sp³-hybridized carbons (Fsp3) is 0.167. The fourth-order valence-corrected chi connectivity index (χ4v) is 2.93. The van der Waals surface area contributed by atoms with E-state index < -0.39 is 12.0 Å². The van der Waals surface area contributed by atoms with Crippen LogP contribution in [0.25, 0.3) is 10.9 Å². The number of carbonyl (C=O) groups is 1. The Bertz CT molecular complexity index is 823. The highest BCUT2D eigenvalue weighted by molar-refractivity contribution is 7.96. The Morgan fingerprint density at radius 3 is 2.72 bits per heavy atom. The van der Waals surface area contributed by atoms with Gasteiger partial charge in [-0.2, -0.15) is 0 Å². The van der Waals surface area contributed by atoms with Crippen molar-refractivity contribution in [3.8, 4) is 0 Å². The maximum atomic E-state index is 11.5. The van der Waals surface area contributed by atoms with Gasteiger partial charge in [0.2, 0.25) is 0 Å². The molecule has 1 aromatic heterocycles. The molecule has 6 nitrogen and oxygen atoms in total. The van der Waals surface area contributed by atoms with Crippen LogP contribution in [0.3, 0.4) is 0 Å². The van der Waals surface area contributed by atoms with Gasteiger partial charge in [0.25, 0.3) is 0 Å². The van der Waals surface area contributed by atoms with Crippen LogP contribution in [0.4, 0.5) is 5.69 Å². The van der Waals surface area contributed by atoms with Crippen LogP contribution < -0.4 is 10.0 Å². The quantitative estimate of drug-likeness (QED) is 0.203. The maximum Gasteiger partial charge on any atom is 0.321 e. The number of carboxylic acid groups (broad SMARTS) is 1. The van der Waals surface area contributed by atoms with Gasteiger partial charge in [0, 0.05) is 29.2 Å². The minimum absolute atomic E-state index is 0.115. The zero-order valence-corrected chi connectivity index (χ0v) is 14.3. The lowest BCUT2D eigenvalue weighted by Crippen LogP contribution is -2.39. The molecule has 0 unspecified atom stereocenters. The van der Waals surface area contributed by atoms with E-state index >= 15 is 0 Å². The predicted molar refractivity (Wildman–Crippen MR) is 100 cm³/mol. The number of hydrogen-bond donors (Lipinski definition) is 4. The van der Waals surface area contributed by atoms with Crippen molar-refractivity contribution in [3.63, 3.8) is 0 Å². The van der Waals surface area contributed by atoms with Crippen molar-refractivity contribution in [3.05, 3.63) is 66.4 Å². The molecule has 0 aliphatic rings. The average molecular weight is 357 g/mol. The van der Waals surface area contributed by atoms with Gasteiger partial charge in [-0.3, -0.25) is 14.3 Å². The SMILES string of the molecule is O=C(O)[C@H](Cc1c[nH]c2ccccc12)NCOSNc1ccccc1. The molecule has 0 saturated heterocycles. The Morgan fingerprint density at radius 2 is 1.92 bits per heavy atom. The number of carboxylic acids is 1. The van der Waals surface area contributed by atoms with Crippen LogP contribution >= 0.6 is 12.2 Å². The van der Waals surface area contributed by atoms with Crippen LogP contribution in [0.15, 0.2) is 60.8 Å². The zero-order valence-electron chi connectivity index (χ0n) is 13.4. The number of nitrogens with one attached hydrogen (secondary N) is 3. The minimum atomic E-state index is -0.908. The van der Waals surface area contributed by atoms with E-state index in [-0.39, 0.29) is 6.73 Å². The number of anilines is 1. The molecule has 2 aromatic carbocycles. The van der Waals surface area contributed by atoms with Crippen molar-refractivity contribution in [2.45, 2.75) is 12.5 Å². The van der Waals surface area contributed by atoms with Crippen molar-refractivity contribution in [1.82, 2.24) is 10.3 Å². The van der Waals surface area contributed by atoms with Gasteiger partial charge in [-0.1, -0.05) is 36.4 Å². The number of aromatic nitrogens is 1. The molecule has 3 rings (SSSR count). The fourth-order valence-electron chi connectivity index (χ4n) is 2.52. The molecule has 0 amide bonds. The smallest absolute Gasteiger partial charge is 0.321 e. The first-order valence-electron chi connectivity index (χ1n) is 7.85. The average Bonchev–Trinajstić information content (AvgIpc) is 3.04. The van der Waals surface area contributed by atoms with Gasteiger partial charge >= 0.3 is 5.97 Å². The summed E-state index contributed by atoms with van der Waals surface area (Å²) in [6.07, 6.45) is 2.23. The van der Waals surface area contributed by atoms with Crippen molar-refractivity contribution < 1.29 is 14.1 Å². The summed E-state index contributed by atoms with van der Waals surface area (Å²) in [4.78, 5) is 14.7. The summed E-state index contributed by atoms with van der Waals surface area (Å²) in [5.41, 5.74) is 2.88. The monoisotopic (exact) mass is 357 g/mol. The molecule has 0 aliphatic heterocycles. The number of fused-ring (bicyclic) bond motifs is 1. The molecular formula is C18H19N3O3S. The molecule has 0 aliphatic carbocycles. The van der Waals surface area contributed by atoms with Crippen LogP contribution in [0.2, 0.25) is 0 Å². The lowest BCUT2D eigenvalue weighted by atomic mass is 10.1. The van der Waals surface area contributed by atoms with Crippen molar-refractivity contribution in [2.24, 2.45) is 0 Å². The van der Waals surface area contributed by atoms with E-state index in [2.05, 4.69) is 15.0 Å². The molecule has 0 fully saturated rings. The number of para-hydroxylation sites is 2. The second-order valence-electron chi connectivity index (χ2n) is 5.47. The molecule has 3 aromatic rings. The van der Waals surface area contributed by atoms with Crippen LogP contribution in [0, 0.1) is 0 Å². The number of rotatable bonds is 9. The third-order valence-corrected chi connectivity index (χ3v) is 4.33. The van der Waals surface area contributed by atoms with Gasteiger partial charge in [-0.15, -0.1) is 0 Å². The first-order chi connectivity index (χ1) is 12.2. The molecule has 0 saturated carbocycles. The Labute approximate surface area is 149 Å². The van der Waals surface area contributed by atoms with E-state index in [9.17, 15) is 9.90 Å². The highest BCUT2D eigenvalue weighted by Crippen LogP contribution is 2.19. The van der Waals surface area contributed by atoms with Crippen LogP contribution in [0.5, 0.6) is 0 Å². The molecule has 130 valence electrons. The molecule has 0 bridgehead atoms. The van der Waals surface area contributed by atoms with Gasteiger partial charge in [-0.05, 0) is 23.8 Å². The summed E-state index contributed by atoms with van der Waals surface area (Å²) in [5, 5.41) is 13.4. The molecule has 7 heteroatoms. The van der Waals surface area contributed by atoms with E-state index in [1.165, 1.54) is 0 Å². The number of hydrogen-bond acceptors (Lipinski definition) is 5. The van der Waals surface area contributed by atoms with Crippen LogP contribution in [-0.2, 0) is 15.4 Å². The number of aromatic amines is 1. The topological polar surface area (TPSA) is 86.4 Å². The molecular weight excluding hydrogens is 338 g/mol. The summed E-state index contributed by atoms with van der Waals surface area (Å²) < 4.78 is 8.37. The largest absolute Gasteiger partial charge is 0.480 e. The van der Waals surface area contributed by atoms with Gasteiger partial charge in [0.05, 0.1) is 0 Å². The van der Waals surface area contributed by atoms with Crippen molar-refractivity contribution >= 4 is 34.8 Å². The highest BCUT2D eigenvalue weighted by Gasteiger charge is 2.19. The Morgan fingerprint density at radius 1 is 1.16 bits per heavy atom. The second-order valence-corrected chi connectivity index (χ2v) is 6.08. The maximum absolute atomic E-state index is 11.5. The molecule has 0 spiro atoms. The van der Waals surface area contributed by atoms with E-state index in [1.54, 1.807) is 0 Å². The standard InChI is InChI=1S/C18H19N3O3S/c22-18(23)17(10-13-11-19-16-9-5-4-8-15(13)16)20-12-24-25-21-14-6-2-1-3-7-14/h1-9,11,17,19-21H,10,12H2,(H,22,23)/t17-/m0/s1. The molecule has 1 heterocycles. The van der Waals surface area contributed by atoms with Gasteiger partial charge in [-0.25, -0.2) is 0 Å². The van der Waals surface area contributed by atoms with Crippen molar-refractivity contribution in [2.75, 3.05) is 11.5 Å². The Kier molecular flexibility index (Phi) is 5.95. The molecule has 1 atom stereocenters. The highest BCUT2D eigenvalue weighted by atomic mass is 32.2. The van der Waals surface area contributed by atoms with Crippen LogP contribution in [-0.4, -0.2) is 28.8 Å². The first-order valence-corrected chi connectivity index (χ1v) is 8.59. The molecule has 4 N–H and O–H groups in total. The summed E-state index contributed by atoms with van der Waals surface area (Å²) in [7, 11) is 0. The summed E-state index contributed by atoms with van der Waals surface area (Å²) in [6.45, 7) is 0.115. The third kappa shape index (κ3) is 4.76. The van der Waals surface area contributed by atoms with Gasteiger partial charge in [0.1, 0.15) is 25.0 Å². The van der Waals surface area contributed by atoms with Gasteiger partial charge < -0.3 is 14.8 Å². The Balaban J connectivity index is 1.49. The lowest BCUT2D eigenvalue weighted by molar-refractivity contribution is -0.139. The van der Waals surface area contributed by atoms with Crippen LogP contribution in [0.1, 0.15) is 5.56 Å². The number of H-pyrrole nitrogens is 1. The van der Waals surface area contributed by atoms with E-state index in [1.807, 2.05) is 60.8 Å².